The molecule has 0 bridgehead atoms. The zero-order valence-corrected chi connectivity index (χ0v) is 12.0. The summed E-state index contributed by atoms with van der Waals surface area (Å²) < 4.78 is 9.53. The number of aromatic nitrogens is 1. The predicted octanol–water partition coefficient (Wildman–Crippen LogP) is 2.11. The van der Waals surface area contributed by atoms with Crippen LogP contribution in [0.15, 0.2) is 34.9 Å². The smallest absolute Gasteiger partial charge is 0.377 e. The topological polar surface area (TPSA) is 81.4 Å². The molecule has 1 heterocycles. The third-order valence-electron chi connectivity index (χ3n) is 2.54. The lowest BCUT2D eigenvalue weighted by Gasteiger charge is -2.06. The van der Waals surface area contributed by atoms with Crippen molar-refractivity contribution in [3.05, 3.63) is 52.4 Å². The Hall–Kier alpha value is -2.34. The first-order chi connectivity index (χ1) is 10.0. The Morgan fingerprint density at radius 1 is 1.38 bits per heavy atom. The van der Waals surface area contributed by atoms with Crippen molar-refractivity contribution in [2.75, 3.05) is 6.61 Å². The number of nitrogens with zero attached hydrogens (tertiary/aromatic N) is 1. The van der Waals surface area contributed by atoms with Crippen molar-refractivity contribution >= 4 is 23.5 Å². The molecule has 0 saturated carbocycles. The van der Waals surface area contributed by atoms with Gasteiger partial charge >= 0.3 is 5.97 Å². The van der Waals surface area contributed by atoms with Crippen molar-refractivity contribution in [3.8, 4) is 0 Å². The number of amides is 1. The molecule has 0 fully saturated rings. The van der Waals surface area contributed by atoms with Gasteiger partial charge in [0, 0.05) is 17.6 Å². The Morgan fingerprint density at radius 2 is 2.19 bits per heavy atom. The quantitative estimate of drug-likeness (QED) is 0.856. The van der Waals surface area contributed by atoms with Crippen LogP contribution < -0.4 is 5.32 Å². The molecule has 0 unspecified atom stereocenters. The van der Waals surface area contributed by atoms with Gasteiger partial charge in [0.05, 0.1) is 5.69 Å². The molecule has 2 aromatic rings. The van der Waals surface area contributed by atoms with E-state index in [1.165, 1.54) is 6.07 Å². The lowest BCUT2D eigenvalue weighted by molar-refractivity contribution is -0.124. The summed E-state index contributed by atoms with van der Waals surface area (Å²) in [6.07, 6.45) is 0. The first-order valence-corrected chi connectivity index (χ1v) is 6.54. The highest BCUT2D eigenvalue weighted by Gasteiger charge is 2.14. The molecule has 0 saturated heterocycles. The Labute approximate surface area is 126 Å². The summed E-state index contributed by atoms with van der Waals surface area (Å²) in [5, 5.41) is 6.77. The lowest BCUT2D eigenvalue weighted by Crippen LogP contribution is -2.28. The second-order valence-corrected chi connectivity index (χ2v) is 4.75. The monoisotopic (exact) mass is 308 g/mol. The largest absolute Gasteiger partial charge is 0.450 e. The van der Waals surface area contributed by atoms with E-state index in [0.29, 0.717) is 17.3 Å². The SMILES string of the molecule is Cc1cc(C(=O)OCC(=O)NCc2cccc(Cl)c2)on1. The van der Waals surface area contributed by atoms with Crippen molar-refractivity contribution in [1.82, 2.24) is 10.5 Å². The summed E-state index contributed by atoms with van der Waals surface area (Å²) in [6.45, 7) is 1.59. The van der Waals surface area contributed by atoms with Gasteiger partial charge in [0.2, 0.25) is 5.76 Å². The Bertz CT molecular complexity index is 654. The van der Waals surface area contributed by atoms with Crippen LogP contribution in [0.4, 0.5) is 0 Å². The highest BCUT2D eigenvalue weighted by Crippen LogP contribution is 2.10. The van der Waals surface area contributed by atoms with Crippen LogP contribution in [0.3, 0.4) is 0 Å². The highest BCUT2D eigenvalue weighted by atomic mass is 35.5. The minimum absolute atomic E-state index is 0.0323. The normalized spacial score (nSPS) is 10.2. The summed E-state index contributed by atoms with van der Waals surface area (Å²) in [7, 11) is 0. The van der Waals surface area contributed by atoms with E-state index in [1.54, 1.807) is 25.1 Å². The molecule has 1 amide bonds. The van der Waals surface area contributed by atoms with Gasteiger partial charge in [-0.25, -0.2) is 4.79 Å². The fourth-order valence-electron chi connectivity index (χ4n) is 1.56. The van der Waals surface area contributed by atoms with E-state index < -0.39 is 11.9 Å². The van der Waals surface area contributed by atoms with Crippen LogP contribution in [-0.4, -0.2) is 23.6 Å². The molecular weight excluding hydrogens is 296 g/mol. The maximum Gasteiger partial charge on any atom is 0.377 e. The van der Waals surface area contributed by atoms with Crippen LogP contribution in [0.25, 0.3) is 0 Å². The molecule has 110 valence electrons. The number of carbonyl (C=O) groups is 2. The van der Waals surface area contributed by atoms with Gasteiger partial charge in [0.15, 0.2) is 6.61 Å². The second kappa shape index (κ2) is 6.90. The number of ether oxygens (including phenoxy) is 1. The molecule has 0 aliphatic carbocycles. The maximum absolute atomic E-state index is 11.6. The van der Waals surface area contributed by atoms with Gasteiger partial charge in [-0.05, 0) is 24.6 Å². The van der Waals surface area contributed by atoms with E-state index in [0.717, 1.165) is 5.56 Å². The van der Waals surface area contributed by atoms with Gasteiger partial charge in [0.1, 0.15) is 0 Å². The van der Waals surface area contributed by atoms with E-state index in [9.17, 15) is 9.59 Å². The van der Waals surface area contributed by atoms with Gasteiger partial charge in [-0.15, -0.1) is 0 Å². The molecular formula is C14H13ClN2O4. The summed E-state index contributed by atoms with van der Waals surface area (Å²) in [6, 6.07) is 8.54. The minimum Gasteiger partial charge on any atom is -0.450 e. The number of carbonyl (C=O) groups excluding carboxylic acids is 2. The van der Waals surface area contributed by atoms with Crippen molar-refractivity contribution < 1.29 is 18.8 Å². The zero-order chi connectivity index (χ0) is 15.2. The molecule has 1 aromatic heterocycles. The van der Waals surface area contributed by atoms with Crippen molar-refractivity contribution in [2.45, 2.75) is 13.5 Å². The molecule has 0 spiro atoms. The summed E-state index contributed by atoms with van der Waals surface area (Å²) >= 11 is 5.83. The number of halogens is 1. The Kier molecular flexibility index (Phi) is 4.94. The zero-order valence-electron chi connectivity index (χ0n) is 11.3. The Balaban J connectivity index is 1.76. The molecule has 0 aliphatic heterocycles. The second-order valence-electron chi connectivity index (χ2n) is 4.32. The molecule has 7 heteroatoms. The van der Waals surface area contributed by atoms with Gasteiger partial charge < -0.3 is 14.6 Å². The standard InChI is InChI=1S/C14H13ClN2O4/c1-9-5-12(21-17-9)14(19)20-8-13(18)16-7-10-3-2-4-11(15)6-10/h2-6H,7-8H2,1H3,(H,16,18). The number of rotatable bonds is 5. The van der Waals surface area contributed by atoms with E-state index in [2.05, 4.69) is 10.5 Å². The first-order valence-electron chi connectivity index (χ1n) is 6.16. The Morgan fingerprint density at radius 3 is 2.86 bits per heavy atom. The van der Waals surface area contributed by atoms with Crippen LogP contribution >= 0.6 is 11.6 Å². The number of aryl methyl sites for hydroxylation is 1. The number of hydrogen-bond donors (Lipinski definition) is 1. The van der Waals surface area contributed by atoms with Gasteiger partial charge in [-0.2, -0.15) is 0 Å². The molecule has 2 rings (SSSR count). The van der Waals surface area contributed by atoms with Gasteiger partial charge in [-0.3, -0.25) is 4.79 Å². The van der Waals surface area contributed by atoms with E-state index in [1.807, 2.05) is 6.07 Å². The van der Waals surface area contributed by atoms with Gasteiger partial charge in [-0.1, -0.05) is 28.9 Å². The van der Waals surface area contributed by atoms with E-state index in [-0.39, 0.29) is 12.4 Å². The van der Waals surface area contributed by atoms with Crippen LogP contribution in [0.5, 0.6) is 0 Å². The average molecular weight is 309 g/mol. The first kappa shape index (κ1) is 15.1. The van der Waals surface area contributed by atoms with E-state index >= 15 is 0 Å². The van der Waals surface area contributed by atoms with Crippen molar-refractivity contribution in [2.24, 2.45) is 0 Å². The number of hydrogen-bond acceptors (Lipinski definition) is 5. The third-order valence-corrected chi connectivity index (χ3v) is 2.78. The van der Waals surface area contributed by atoms with Gasteiger partial charge in [0.25, 0.3) is 5.91 Å². The fourth-order valence-corrected chi connectivity index (χ4v) is 1.77. The molecule has 1 N–H and O–H groups in total. The van der Waals surface area contributed by atoms with Crippen LogP contribution in [-0.2, 0) is 16.1 Å². The average Bonchev–Trinajstić information content (AvgIpc) is 2.89. The number of esters is 1. The van der Waals surface area contributed by atoms with E-state index in [4.69, 9.17) is 20.9 Å². The van der Waals surface area contributed by atoms with Crippen molar-refractivity contribution in [3.63, 3.8) is 0 Å². The fraction of sp³-hybridized carbons (Fsp3) is 0.214. The molecule has 0 atom stereocenters. The molecule has 6 nitrogen and oxygen atoms in total. The molecule has 0 radical (unpaired) electrons. The van der Waals surface area contributed by atoms with Crippen molar-refractivity contribution in [1.29, 1.82) is 0 Å². The number of benzene rings is 1. The minimum atomic E-state index is -0.728. The van der Waals surface area contributed by atoms with Crippen LogP contribution in [0, 0.1) is 6.92 Å². The van der Waals surface area contributed by atoms with Crippen LogP contribution in [0.1, 0.15) is 21.8 Å². The lowest BCUT2D eigenvalue weighted by atomic mass is 10.2. The molecule has 1 aromatic carbocycles. The third kappa shape index (κ3) is 4.61. The molecule has 21 heavy (non-hydrogen) atoms. The summed E-state index contributed by atoms with van der Waals surface area (Å²) in [5.41, 5.74) is 1.42. The molecule has 0 aliphatic rings. The maximum atomic E-state index is 11.6. The summed E-state index contributed by atoms with van der Waals surface area (Å²) in [5.74, 6) is -1.18. The predicted molar refractivity (Wildman–Crippen MR) is 74.8 cm³/mol. The summed E-state index contributed by atoms with van der Waals surface area (Å²) in [4.78, 5) is 23.1. The number of nitrogens with one attached hydrogen (secondary N) is 1. The highest BCUT2D eigenvalue weighted by molar-refractivity contribution is 6.30. The van der Waals surface area contributed by atoms with Crippen LogP contribution in [0.2, 0.25) is 5.02 Å².